The number of aryl methyl sites for hydroxylation is 1. The molecule has 4 heteroatoms. The Bertz CT molecular complexity index is 548. The molecule has 0 radical (unpaired) electrons. The summed E-state index contributed by atoms with van der Waals surface area (Å²) in [6.45, 7) is 1.93. The molecule has 1 aromatic carbocycles. The summed E-state index contributed by atoms with van der Waals surface area (Å²) in [6, 6.07) is 7.15. The second kappa shape index (κ2) is 3.87. The number of nitrogens with zero attached hydrogens (tertiary/aromatic N) is 1. The monoisotopic (exact) mass is 220 g/mol. The molecule has 1 heterocycles. The van der Waals surface area contributed by atoms with Gasteiger partial charge >= 0.3 is 0 Å². The first-order valence-electron chi connectivity index (χ1n) is 4.48. The predicted octanol–water partition coefficient (Wildman–Crippen LogP) is 2.40. The van der Waals surface area contributed by atoms with Crippen molar-refractivity contribution < 1.29 is 0 Å². The van der Waals surface area contributed by atoms with E-state index in [9.17, 15) is 4.79 Å². The third-order valence-corrected chi connectivity index (χ3v) is 2.58. The van der Waals surface area contributed by atoms with E-state index in [-0.39, 0.29) is 5.56 Å². The number of halogens is 1. The van der Waals surface area contributed by atoms with Crippen LogP contribution >= 0.6 is 11.6 Å². The third kappa shape index (κ3) is 2.07. The number of nitrogens with one attached hydrogen (secondary N) is 1. The highest BCUT2D eigenvalue weighted by molar-refractivity contribution is 6.31. The van der Waals surface area contributed by atoms with E-state index in [1.807, 2.05) is 25.1 Å². The molecule has 2 aromatic rings. The molecule has 3 nitrogen and oxygen atoms in total. The number of benzene rings is 1. The molecule has 0 aliphatic heterocycles. The van der Waals surface area contributed by atoms with Crippen LogP contribution in [0.3, 0.4) is 0 Å². The van der Waals surface area contributed by atoms with Gasteiger partial charge in [0.25, 0.3) is 5.56 Å². The van der Waals surface area contributed by atoms with Crippen molar-refractivity contribution in [1.29, 1.82) is 0 Å². The molecule has 2 rings (SSSR count). The average Bonchev–Trinajstić information content (AvgIpc) is 2.22. The Morgan fingerprint density at radius 3 is 2.73 bits per heavy atom. The molecule has 0 atom stereocenters. The molecule has 1 N–H and O–H groups in total. The molecule has 0 unspecified atom stereocenters. The molecule has 0 spiro atoms. The van der Waals surface area contributed by atoms with Gasteiger partial charge in [0.1, 0.15) is 0 Å². The van der Waals surface area contributed by atoms with Gasteiger partial charge in [-0.2, -0.15) is 5.10 Å². The van der Waals surface area contributed by atoms with Gasteiger partial charge in [0.05, 0.1) is 6.20 Å². The summed E-state index contributed by atoms with van der Waals surface area (Å²) in [6.07, 6.45) is 1.60. The third-order valence-electron chi connectivity index (χ3n) is 2.17. The molecule has 0 amide bonds. The SMILES string of the molecule is Cc1ccc(-c2cn[nH]c(=O)c2)cc1Cl. The predicted molar refractivity (Wildman–Crippen MR) is 60.0 cm³/mol. The van der Waals surface area contributed by atoms with E-state index >= 15 is 0 Å². The Hall–Kier alpha value is -1.61. The topological polar surface area (TPSA) is 45.8 Å². The van der Waals surface area contributed by atoms with Gasteiger partial charge in [-0.25, -0.2) is 5.10 Å². The number of hydrogen-bond acceptors (Lipinski definition) is 2. The van der Waals surface area contributed by atoms with Crippen LogP contribution in [-0.4, -0.2) is 10.2 Å². The van der Waals surface area contributed by atoms with Crippen LogP contribution in [0.25, 0.3) is 11.1 Å². The van der Waals surface area contributed by atoms with Crippen molar-refractivity contribution in [3.05, 3.63) is 51.4 Å². The smallest absolute Gasteiger partial charge is 0.264 e. The molecule has 0 fully saturated rings. The summed E-state index contributed by atoms with van der Waals surface area (Å²) in [7, 11) is 0. The second-order valence-electron chi connectivity index (χ2n) is 3.30. The highest BCUT2D eigenvalue weighted by Gasteiger charge is 2.01. The lowest BCUT2D eigenvalue weighted by Crippen LogP contribution is -2.05. The zero-order valence-corrected chi connectivity index (χ0v) is 8.88. The molecular formula is C11H9ClN2O. The summed E-state index contributed by atoms with van der Waals surface area (Å²) in [5, 5.41) is 6.75. The molecule has 76 valence electrons. The van der Waals surface area contributed by atoms with Gasteiger partial charge in [-0.05, 0) is 24.1 Å². The zero-order valence-electron chi connectivity index (χ0n) is 8.12. The van der Waals surface area contributed by atoms with Crippen LogP contribution in [0.5, 0.6) is 0 Å². The van der Waals surface area contributed by atoms with Gasteiger partial charge in [-0.1, -0.05) is 23.7 Å². The molecular weight excluding hydrogens is 212 g/mol. The lowest BCUT2D eigenvalue weighted by Gasteiger charge is -2.02. The van der Waals surface area contributed by atoms with Crippen molar-refractivity contribution in [3.63, 3.8) is 0 Å². The number of aromatic nitrogens is 2. The summed E-state index contributed by atoms with van der Waals surface area (Å²) < 4.78 is 0. The fourth-order valence-corrected chi connectivity index (χ4v) is 1.49. The van der Waals surface area contributed by atoms with Crippen molar-refractivity contribution in [2.75, 3.05) is 0 Å². The summed E-state index contributed by atoms with van der Waals surface area (Å²) in [4.78, 5) is 11.1. The van der Waals surface area contributed by atoms with Crippen molar-refractivity contribution in [2.45, 2.75) is 6.92 Å². The summed E-state index contributed by atoms with van der Waals surface area (Å²) >= 11 is 6.00. The zero-order chi connectivity index (χ0) is 10.8. The van der Waals surface area contributed by atoms with Crippen LogP contribution in [0.2, 0.25) is 5.02 Å². The van der Waals surface area contributed by atoms with E-state index in [1.54, 1.807) is 6.20 Å². The van der Waals surface area contributed by atoms with Crippen LogP contribution in [0.15, 0.2) is 35.3 Å². The van der Waals surface area contributed by atoms with Crippen LogP contribution in [0.4, 0.5) is 0 Å². The molecule has 0 aliphatic rings. The Morgan fingerprint density at radius 2 is 2.07 bits per heavy atom. The highest BCUT2D eigenvalue weighted by Crippen LogP contribution is 2.23. The molecule has 15 heavy (non-hydrogen) atoms. The Morgan fingerprint density at radius 1 is 1.27 bits per heavy atom. The van der Waals surface area contributed by atoms with E-state index in [4.69, 9.17) is 11.6 Å². The van der Waals surface area contributed by atoms with Crippen molar-refractivity contribution in [2.24, 2.45) is 0 Å². The fraction of sp³-hybridized carbons (Fsp3) is 0.0909. The largest absolute Gasteiger partial charge is 0.268 e. The second-order valence-corrected chi connectivity index (χ2v) is 3.71. The van der Waals surface area contributed by atoms with E-state index < -0.39 is 0 Å². The molecule has 0 saturated heterocycles. The Labute approximate surface area is 91.7 Å². The number of H-pyrrole nitrogens is 1. The summed E-state index contributed by atoms with van der Waals surface area (Å²) in [5.41, 5.74) is 2.45. The number of hydrogen-bond donors (Lipinski definition) is 1. The van der Waals surface area contributed by atoms with E-state index in [0.717, 1.165) is 16.7 Å². The van der Waals surface area contributed by atoms with Crippen molar-refractivity contribution in [1.82, 2.24) is 10.2 Å². The van der Waals surface area contributed by atoms with Gasteiger partial charge in [0.2, 0.25) is 0 Å². The lowest BCUT2D eigenvalue weighted by molar-refractivity contribution is 0.991. The van der Waals surface area contributed by atoms with Gasteiger partial charge in [-0.3, -0.25) is 4.79 Å². The quantitative estimate of drug-likeness (QED) is 0.802. The maximum Gasteiger partial charge on any atom is 0.264 e. The number of aromatic amines is 1. The van der Waals surface area contributed by atoms with Crippen LogP contribution < -0.4 is 5.56 Å². The average molecular weight is 221 g/mol. The first kappa shape index (κ1) is 9.93. The number of rotatable bonds is 1. The first-order valence-corrected chi connectivity index (χ1v) is 4.86. The molecule has 0 bridgehead atoms. The van der Waals surface area contributed by atoms with Crippen molar-refractivity contribution >= 4 is 11.6 Å². The maximum atomic E-state index is 11.1. The Balaban J connectivity index is 2.55. The first-order chi connectivity index (χ1) is 7.16. The van der Waals surface area contributed by atoms with Crippen LogP contribution in [0.1, 0.15) is 5.56 Å². The van der Waals surface area contributed by atoms with E-state index in [1.165, 1.54) is 6.07 Å². The standard InChI is InChI=1S/C11H9ClN2O/c1-7-2-3-8(4-10(7)12)9-5-11(15)14-13-6-9/h2-6H,1H3,(H,14,15). The summed E-state index contributed by atoms with van der Waals surface area (Å²) in [5.74, 6) is 0. The van der Waals surface area contributed by atoms with Crippen LogP contribution in [0, 0.1) is 6.92 Å². The Kier molecular flexibility index (Phi) is 2.56. The van der Waals surface area contributed by atoms with Gasteiger partial charge in [0.15, 0.2) is 0 Å². The minimum absolute atomic E-state index is 0.218. The normalized spacial score (nSPS) is 10.3. The molecule has 0 aliphatic carbocycles. The van der Waals surface area contributed by atoms with E-state index in [2.05, 4.69) is 10.2 Å². The fourth-order valence-electron chi connectivity index (χ4n) is 1.31. The van der Waals surface area contributed by atoms with Gasteiger partial charge in [0, 0.05) is 16.7 Å². The van der Waals surface area contributed by atoms with Crippen LogP contribution in [-0.2, 0) is 0 Å². The van der Waals surface area contributed by atoms with E-state index in [0.29, 0.717) is 5.02 Å². The van der Waals surface area contributed by atoms with Crippen molar-refractivity contribution in [3.8, 4) is 11.1 Å². The molecule has 1 aromatic heterocycles. The minimum Gasteiger partial charge on any atom is -0.268 e. The maximum absolute atomic E-state index is 11.1. The highest BCUT2D eigenvalue weighted by atomic mass is 35.5. The lowest BCUT2D eigenvalue weighted by atomic mass is 10.1. The van der Waals surface area contributed by atoms with Gasteiger partial charge < -0.3 is 0 Å². The van der Waals surface area contributed by atoms with Gasteiger partial charge in [-0.15, -0.1) is 0 Å². The minimum atomic E-state index is -0.218. The molecule has 0 saturated carbocycles.